The number of rotatable bonds is 3. The molecule has 2 aromatic carbocycles. The number of aromatic amines is 1. The molecule has 0 aliphatic carbocycles. The lowest BCUT2D eigenvalue weighted by molar-refractivity contribution is 1.07. The highest BCUT2D eigenvalue weighted by atomic mass is 79.9. The lowest BCUT2D eigenvalue weighted by Crippen LogP contribution is -1.99. The summed E-state index contributed by atoms with van der Waals surface area (Å²) in [5.41, 5.74) is 2.19. The van der Waals surface area contributed by atoms with Crippen LogP contribution in [0.2, 0.25) is 0 Å². The average molecular weight is 302 g/mol. The number of halogens is 1. The first-order chi connectivity index (χ1) is 8.81. The fourth-order valence-electron chi connectivity index (χ4n) is 1.91. The normalized spacial score (nSPS) is 10.7. The number of hydrogen-bond acceptors (Lipinski definition) is 2. The molecule has 0 saturated carbocycles. The Hall–Kier alpha value is -1.81. The number of nitrogens with one attached hydrogen (secondary N) is 2. The molecule has 90 valence electrons. The zero-order valence-electron chi connectivity index (χ0n) is 9.65. The second-order valence-electron chi connectivity index (χ2n) is 4.14. The van der Waals surface area contributed by atoms with Crippen LogP contribution in [0.1, 0.15) is 5.69 Å². The molecule has 1 heterocycles. The van der Waals surface area contributed by atoms with Gasteiger partial charge >= 0.3 is 0 Å². The minimum absolute atomic E-state index is 0.752. The summed E-state index contributed by atoms with van der Waals surface area (Å²) in [5, 5.41) is 5.83. The Balaban J connectivity index is 1.82. The molecule has 2 N–H and O–H groups in total. The van der Waals surface area contributed by atoms with Crippen LogP contribution in [-0.2, 0) is 6.54 Å². The van der Waals surface area contributed by atoms with E-state index in [1.807, 2.05) is 6.20 Å². The van der Waals surface area contributed by atoms with E-state index in [2.05, 4.69) is 67.6 Å². The molecule has 0 saturated heterocycles. The van der Waals surface area contributed by atoms with Crippen molar-refractivity contribution in [2.75, 3.05) is 5.32 Å². The first kappa shape index (κ1) is 11.3. The van der Waals surface area contributed by atoms with Gasteiger partial charge in [0.15, 0.2) is 0 Å². The summed E-state index contributed by atoms with van der Waals surface area (Å²) in [4.78, 5) is 7.07. The van der Waals surface area contributed by atoms with Crippen LogP contribution in [0.4, 0.5) is 5.69 Å². The maximum atomic E-state index is 3.99. The van der Waals surface area contributed by atoms with E-state index in [0.717, 1.165) is 22.4 Å². The Morgan fingerprint density at radius 3 is 2.78 bits per heavy atom. The zero-order chi connectivity index (χ0) is 12.4. The number of aromatic nitrogens is 2. The largest absolute Gasteiger partial charge is 0.379 e. The Kier molecular flexibility index (Phi) is 3.02. The predicted octanol–water partition coefficient (Wildman–Crippen LogP) is 3.94. The molecule has 0 bridgehead atoms. The second kappa shape index (κ2) is 4.82. The lowest BCUT2D eigenvalue weighted by Gasteiger charge is -2.06. The van der Waals surface area contributed by atoms with Gasteiger partial charge < -0.3 is 10.3 Å². The van der Waals surface area contributed by atoms with Crippen LogP contribution in [0.25, 0.3) is 10.8 Å². The van der Waals surface area contributed by atoms with E-state index < -0.39 is 0 Å². The van der Waals surface area contributed by atoms with Gasteiger partial charge in [-0.1, -0.05) is 28.1 Å². The first-order valence-electron chi connectivity index (χ1n) is 5.72. The molecule has 0 aliphatic rings. The van der Waals surface area contributed by atoms with Gasteiger partial charge in [-0.05, 0) is 35.0 Å². The lowest BCUT2D eigenvalue weighted by atomic mass is 10.1. The average Bonchev–Trinajstić information content (AvgIpc) is 2.89. The van der Waals surface area contributed by atoms with Crippen LogP contribution < -0.4 is 5.32 Å². The molecule has 18 heavy (non-hydrogen) atoms. The fourth-order valence-corrected chi connectivity index (χ4v) is 2.28. The Morgan fingerprint density at radius 2 is 1.94 bits per heavy atom. The monoisotopic (exact) mass is 301 g/mol. The number of benzene rings is 2. The minimum atomic E-state index is 0.752. The highest BCUT2D eigenvalue weighted by Gasteiger charge is 1.98. The third-order valence-electron chi connectivity index (χ3n) is 2.84. The quantitative estimate of drug-likeness (QED) is 0.769. The summed E-state index contributed by atoms with van der Waals surface area (Å²) in [6, 6.07) is 12.6. The van der Waals surface area contributed by atoms with Gasteiger partial charge in [0.05, 0.1) is 18.6 Å². The molecule has 1 aromatic heterocycles. The number of H-pyrrole nitrogens is 1. The summed E-state index contributed by atoms with van der Waals surface area (Å²) in [5.74, 6) is 0. The second-order valence-corrected chi connectivity index (χ2v) is 5.05. The molecule has 0 radical (unpaired) electrons. The van der Waals surface area contributed by atoms with E-state index in [0.29, 0.717) is 0 Å². The third kappa shape index (κ3) is 2.38. The number of hydrogen-bond donors (Lipinski definition) is 2. The molecule has 0 amide bonds. The molecular formula is C14H12BrN3. The van der Waals surface area contributed by atoms with Crippen LogP contribution in [0, 0.1) is 0 Å². The van der Waals surface area contributed by atoms with E-state index >= 15 is 0 Å². The topological polar surface area (TPSA) is 40.7 Å². The minimum Gasteiger partial charge on any atom is -0.379 e. The fraction of sp³-hybridized carbons (Fsp3) is 0.0714. The number of anilines is 1. The summed E-state index contributed by atoms with van der Waals surface area (Å²) in [6.45, 7) is 0.752. The maximum absolute atomic E-state index is 3.99. The standard InChI is InChI=1S/C14H12BrN3/c15-12-3-1-11-6-13(4-2-10(11)5-12)17-8-14-7-16-9-18-14/h1-7,9,17H,8H2,(H,16,18). The van der Waals surface area contributed by atoms with Crippen LogP contribution >= 0.6 is 15.9 Å². The van der Waals surface area contributed by atoms with E-state index in [1.54, 1.807) is 6.33 Å². The van der Waals surface area contributed by atoms with Gasteiger partial charge in [-0.25, -0.2) is 4.98 Å². The third-order valence-corrected chi connectivity index (χ3v) is 3.33. The van der Waals surface area contributed by atoms with Crippen molar-refractivity contribution < 1.29 is 0 Å². The molecule has 3 aromatic rings. The number of fused-ring (bicyclic) bond motifs is 1. The molecule has 0 aliphatic heterocycles. The molecule has 0 atom stereocenters. The van der Waals surface area contributed by atoms with Crippen molar-refractivity contribution in [2.24, 2.45) is 0 Å². The molecular weight excluding hydrogens is 290 g/mol. The van der Waals surface area contributed by atoms with Crippen molar-refractivity contribution in [3.05, 3.63) is 59.1 Å². The molecule has 4 heteroatoms. The van der Waals surface area contributed by atoms with Crippen LogP contribution in [0.5, 0.6) is 0 Å². The Morgan fingerprint density at radius 1 is 1.11 bits per heavy atom. The van der Waals surface area contributed by atoms with Crippen molar-refractivity contribution in [2.45, 2.75) is 6.54 Å². The summed E-state index contributed by atoms with van der Waals surface area (Å²) < 4.78 is 1.10. The highest BCUT2D eigenvalue weighted by Crippen LogP contribution is 2.23. The smallest absolute Gasteiger partial charge is 0.0922 e. The maximum Gasteiger partial charge on any atom is 0.0922 e. The van der Waals surface area contributed by atoms with Crippen molar-refractivity contribution in [1.29, 1.82) is 0 Å². The molecule has 0 fully saturated rings. The number of nitrogens with zero attached hydrogens (tertiary/aromatic N) is 1. The summed E-state index contributed by atoms with van der Waals surface area (Å²) in [6.07, 6.45) is 3.51. The van der Waals surface area contributed by atoms with Gasteiger partial charge in [0.1, 0.15) is 0 Å². The Bertz CT molecular complexity index is 662. The van der Waals surface area contributed by atoms with Gasteiger partial charge in [0, 0.05) is 16.4 Å². The van der Waals surface area contributed by atoms with Crippen LogP contribution in [0.3, 0.4) is 0 Å². The van der Waals surface area contributed by atoms with Crippen LogP contribution in [-0.4, -0.2) is 9.97 Å². The van der Waals surface area contributed by atoms with E-state index in [4.69, 9.17) is 0 Å². The van der Waals surface area contributed by atoms with E-state index in [1.165, 1.54) is 10.8 Å². The van der Waals surface area contributed by atoms with Gasteiger partial charge in [0.2, 0.25) is 0 Å². The molecule has 3 nitrogen and oxygen atoms in total. The predicted molar refractivity (Wildman–Crippen MR) is 77.6 cm³/mol. The van der Waals surface area contributed by atoms with Crippen LogP contribution in [0.15, 0.2) is 53.4 Å². The van der Waals surface area contributed by atoms with Gasteiger partial charge in [-0.15, -0.1) is 0 Å². The summed E-state index contributed by atoms with van der Waals surface area (Å²) in [7, 11) is 0. The molecule has 3 rings (SSSR count). The molecule has 0 unspecified atom stereocenters. The van der Waals surface area contributed by atoms with Crippen molar-refractivity contribution in [3.8, 4) is 0 Å². The van der Waals surface area contributed by atoms with Gasteiger partial charge in [-0.2, -0.15) is 0 Å². The van der Waals surface area contributed by atoms with E-state index in [-0.39, 0.29) is 0 Å². The number of imidazole rings is 1. The SMILES string of the molecule is Brc1ccc2cc(NCc3cnc[nH]3)ccc2c1. The first-order valence-corrected chi connectivity index (χ1v) is 6.51. The van der Waals surface area contributed by atoms with Crippen molar-refractivity contribution >= 4 is 32.4 Å². The van der Waals surface area contributed by atoms with Gasteiger partial charge in [-0.3, -0.25) is 0 Å². The van der Waals surface area contributed by atoms with E-state index in [9.17, 15) is 0 Å². The van der Waals surface area contributed by atoms with Crippen molar-refractivity contribution in [3.63, 3.8) is 0 Å². The van der Waals surface area contributed by atoms with Crippen molar-refractivity contribution in [1.82, 2.24) is 9.97 Å². The summed E-state index contributed by atoms with van der Waals surface area (Å²) >= 11 is 3.48. The zero-order valence-corrected chi connectivity index (χ0v) is 11.2. The van der Waals surface area contributed by atoms with Gasteiger partial charge in [0.25, 0.3) is 0 Å². The Labute approximate surface area is 113 Å². The highest BCUT2D eigenvalue weighted by molar-refractivity contribution is 9.10. The molecule has 0 spiro atoms.